The monoisotopic (exact) mass is 245 g/mol. The van der Waals surface area contributed by atoms with Crippen LogP contribution in [0.1, 0.15) is 31.7 Å². The summed E-state index contributed by atoms with van der Waals surface area (Å²) in [5, 5.41) is 1.42. The fraction of sp³-hybridized carbons (Fsp3) is 0.500. The summed E-state index contributed by atoms with van der Waals surface area (Å²) in [4.78, 5) is 0. The Morgan fingerprint density at radius 3 is 2.60 bits per heavy atom. The third-order valence-corrected chi connectivity index (χ3v) is 3.05. The number of nitrogens with two attached hydrogens (primary N) is 1. The molecule has 0 aliphatic heterocycles. The van der Waals surface area contributed by atoms with Gasteiger partial charge in [-0.25, -0.2) is 0 Å². The number of benzene rings is 1. The maximum absolute atomic E-state index is 6.06. The van der Waals surface area contributed by atoms with Crippen LogP contribution in [0, 0.1) is 0 Å². The number of aryl methyl sites for hydroxylation is 1. The summed E-state index contributed by atoms with van der Waals surface area (Å²) in [5.41, 5.74) is 7.07. The molecule has 0 spiro atoms. The molecule has 15 heavy (non-hydrogen) atoms. The van der Waals surface area contributed by atoms with Crippen LogP contribution < -0.4 is 5.73 Å². The average molecular weight is 246 g/mol. The topological polar surface area (TPSA) is 26.0 Å². The average Bonchev–Trinajstić information content (AvgIpc) is 2.17. The third kappa shape index (κ3) is 4.42. The van der Waals surface area contributed by atoms with Crippen molar-refractivity contribution >= 4 is 23.2 Å². The molecule has 84 valence electrons. The van der Waals surface area contributed by atoms with Crippen molar-refractivity contribution in [2.45, 2.75) is 38.6 Å². The lowest BCUT2D eigenvalue weighted by atomic mass is 10.0. The molecule has 0 bridgehead atoms. The van der Waals surface area contributed by atoms with Gasteiger partial charge in [0.2, 0.25) is 0 Å². The molecule has 0 aliphatic rings. The molecule has 1 rings (SSSR count). The summed E-state index contributed by atoms with van der Waals surface area (Å²) >= 11 is 11.9. The van der Waals surface area contributed by atoms with Gasteiger partial charge in [0.15, 0.2) is 0 Å². The molecule has 0 saturated carbocycles. The van der Waals surface area contributed by atoms with Crippen molar-refractivity contribution in [2.75, 3.05) is 0 Å². The van der Waals surface area contributed by atoms with Gasteiger partial charge in [-0.05, 0) is 37.0 Å². The van der Waals surface area contributed by atoms with Gasteiger partial charge in [-0.2, -0.15) is 0 Å². The van der Waals surface area contributed by atoms with E-state index >= 15 is 0 Å². The second-order valence-electron chi connectivity index (χ2n) is 3.82. The van der Waals surface area contributed by atoms with Gasteiger partial charge in [-0.15, -0.1) is 0 Å². The highest BCUT2D eigenvalue weighted by molar-refractivity contribution is 6.35. The second kappa shape index (κ2) is 6.37. The summed E-state index contributed by atoms with van der Waals surface area (Å²) in [5.74, 6) is 0. The van der Waals surface area contributed by atoms with Gasteiger partial charge in [-0.1, -0.05) is 42.6 Å². The molecule has 1 aromatic carbocycles. The lowest BCUT2D eigenvalue weighted by Gasteiger charge is -2.10. The van der Waals surface area contributed by atoms with E-state index in [9.17, 15) is 0 Å². The largest absolute Gasteiger partial charge is 0.328 e. The number of halogens is 2. The Morgan fingerprint density at radius 1 is 1.27 bits per heavy atom. The maximum atomic E-state index is 6.06. The molecular formula is C12H17Cl2N. The Balaban J connectivity index is 2.50. The van der Waals surface area contributed by atoms with Crippen molar-refractivity contribution < 1.29 is 0 Å². The lowest BCUT2D eigenvalue weighted by molar-refractivity contribution is 0.561. The van der Waals surface area contributed by atoms with E-state index in [2.05, 4.69) is 6.92 Å². The van der Waals surface area contributed by atoms with E-state index < -0.39 is 0 Å². The van der Waals surface area contributed by atoms with E-state index in [1.807, 2.05) is 12.1 Å². The van der Waals surface area contributed by atoms with Gasteiger partial charge >= 0.3 is 0 Å². The highest BCUT2D eigenvalue weighted by atomic mass is 35.5. The molecule has 0 aliphatic carbocycles. The summed E-state index contributed by atoms with van der Waals surface area (Å²) in [6.45, 7) is 2.15. The van der Waals surface area contributed by atoms with E-state index in [1.165, 1.54) is 0 Å². The summed E-state index contributed by atoms with van der Waals surface area (Å²) in [6.07, 6.45) is 4.12. The first kappa shape index (κ1) is 12.8. The molecule has 0 heterocycles. The van der Waals surface area contributed by atoms with E-state index in [4.69, 9.17) is 28.9 Å². The molecule has 1 unspecified atom stereocenters. The van der Waals surface area contributed by atoms with E-state index in [0.717, 1.165) is 36.3 Å². The van der Waals surface area contributed by atoms with Crippen LogP contribution >= 0.6 is 23.2 Å². The van der Waals surface area contributed by atoms with Crippen LogP contribution in [-0.2, 0) is 6.42 Å². The molecule has 0 aromatic heterocycles. The van der Waals surface area contributed by atoms with Gasteiger partial charge in [0, 0.05) is 16.1 Å². The molecule has 2 N–H and O–H groups in total. The first-order valence-electron chi connectivity index (χ1n) is 5.33. The van der Waals surface area contributed by atoms with E-state index in [1.54, 1.807) is 6.07 Å². The van der Waals surface area contributed by atoms with Gasteiger partial charge in [-0.3, -0.25) is 0 Å². The van der Waals surface area contributed by atoms with Crippen LogP contribution in [0.2, 0.25) is 10.0 Å². The van der Waals surface area contributed by atoms with Crippen LogP contribution in [0.15, 0.2) is 18.2 Å². The fourth-order valence-corrected chi connectivity index (χ4v) is 2.08. The number of hydrogen-bond acceptors (Lipinski definition) is 1. The molecule has 0 saturated heterocycles. The Morgan fingerprint density at radius 2 is 2.00 bits per heavy atom. The zero-order chi connectivity index (χ0) is 11.3. The fourth-order valence-electron chi connectivity index (χ4n) is 1.58. The minimum absolute atomic E-state index is 0.279. The normalized spacial score (nSPS) is 12.8. The molecule has 1 aromatic rings. The first-order chi connectivity index (χ1) is 7.13. The van der Waals surface area contributed by atoms with E-state index in [0.29, 0.717) is 5.02 Å². The minimum atomic E-state index is 0.279. The molecule has 0 amide bonds. The standard InChI is InChI=1S/C12H17Cl2N/c1-2-3-11(15)7-5-9-4-6-10(13)8-12(9)14/h4,6,8,11H,2-3,5,7,15H2,1H3. The van der Waals surface area contributed by atoms with Gasteiger partial charge in [0.1, 0.15) is 0 Å². The number of rotatable bonds is 5. The second-order valence-corrected chi connectivity index (χ2v) is 4.67. The SMILES string of the molecule is CCCC(N)CCc1ccc(Cl)cc1Cl. The van der Waals surface area contributed by atoms with Crippen molar-refractivity contribution in [3.8, 4) is 0 Å². The van der Waals surface area contributed by atoms with Crippen molar-refractivity contribution in [1.29, 1.82) is 0 Å². The lowest BCUT2D eigenvalue weighted by Crippen LogP contribution is -2.20. The van der Waals surface area contributed by atoms with Gasteiger partial charge < -0.3 is 5.73 Å². The van der Waals surface area contributed by atoms with E-state index in [-0.39, 0.29) is 6.04 Å². The zero-order valence-corrected chi connectivity index (χ0v) is 10.5. The molecular weight excluding hydrogens is 229 g/mol. The Bertz CT molecular complexity index is 312. The maximum Gasteiger partial charge on any atom is 0.0452 e. The van der Waals surface area contributed by atoms with Crippen molar-refractivity contribution in [3.63, 3.8) is 0 Å². The predicted molar refractivity (Wildman–Crippen MR) is 67.7 cm³/mol. The van der Waals surface area contributed by atoms with Crippen LogP contribution in [0.25, 0.3) is 0 Å². The molecule has 3 heteroatoms. The van der Waals surface area contributed by atoms with Crippen LogP contribution in [0.5, 0.6) is 0 Å². The van der Waals surface area contributed by atoms with Crippen molar-refractivity contribution in [3.05, 3.63) is 33.8 Å². The number of hydrogen-bond donors (Lipinski definition) is 1. The highest BCUT2D eigenvalue weighted by Gasteiger charge is 2.05. The van der Waals surface area contributed by atoms with Gasteiger partial charge in [0.25, 0.3) is 0 Å². The van der Waals surface area contributed by atoms with Crippen LogP contribution in [0.4, 0.5) is 0 Å². The first-order valence-corrected chi connectivity index (χ1v) is 6.08. The molecule has 0 fully saturated rings. The molecule has 0 radical (unpaired) electrons. The predicted octanol–water partition coefficient (Wildman–Crippen LogP) is 4.05. The minimum Gasteiger partial charge on any atom is -0.328 e. The Kier molecular flexibility index (Phi) is 5.44. The zero-order valence-electron chi connectivity index (χ0n) is 8.97. The smallest absolute Gasteiger partial charge is 0.0452 e. The third-order valence-electron chi connectivity index (χ3n) is 2.46. The van der Waals surface area contributed by atoms with Crippen molar-refractivity contribution in [2.24, 2.45) is 5.73 Å². The summed E-state index contributed by atoms with van der Waals surface area (Å²) < 4.78 is 0. The van der Waals surface area contributed by atoms with Crippen LogP contribution in [0.3, 0.4) is 0 Å². The quantitative estimate of drug-likeness (QED) is 0.833. The molecule has 1 nitrogen and oxygen atoms in total. The summed E-state index contributed by atoms with van der Waals surface area (Å²) in [7, 11) is 0. The molecule has 1 atom stereocenters. The van der Waals surface area contributed by atoms with Crippen molar-refractivity contribution in [1.82, 2.24) is 0 Å². The summed E-state index contributed by atoms with van der Waals surface area (Å²) in [6, 6.07) is 5.91. The highest BCUT2D eigenvalue weighted by Crippen LogP contribution is 2.22. The van der Waals surface area contributed by atoms with Crippen LogP contribution in [-0.4, -0.2) is 6.04 Å². The Labute approximate surface area is 102 Å². The Hall–Kier alpha value is -0.240. The van der Waals surface area contributed by atoms with Gasteiger partial charge in [0.05, 0.1) is 0 Å².